The fourth-order valence-electron chi connectivity index (χ4n) is 3.90. The third kappa shape index (κ3) is 3.79. The topological polar surface area (TPSA) is 69.1 Å². The van der Waals surface area contributed by atoms with Gasteiger partial charge in [0.05, 0.1) is 17.3 Å². The number of halogens is 1. The van der Waals surface area contributed by atoms with Gasteiger partial charge in [-0.1, -0.05) is 41.9 Å². The van der Waals surface area contributed by atoms with Crippen molar-refractivity contribution in [3.63, 3.8) is 0 Å². The van der Waals surface area contributed by atoms with Crippen molar-refractivity contribution >= 4 is 34.9 Å². The van der Waals surface area contributed by atoms with Crippen molar-refractivity contribution < 1.29 is 19.5 Å². The largest absolute Gasteiger partial charge is 0.332 e. The van der Waals surface area contributed by atoms with Crippen molar-refractivity contribution in [3.05, 3.63) is 88.5 Å². The summed E-state index contributed by atoms with van der Waals surface area (Å²) >= 11 is 6.29. The van der Waals surface area contributed by atoms with Crippen molar-refractivity contribution in [2.75, 3.05) is 4.90 Å². The Labute approximate surface area is 196 Å². The van der Waals surface area contributed by atoms with Crippen molar-refractivity contribution in [3.8, 4) is 11.1 Å². The normalized spacial score (nSPS) is 15.1. The fourth-order valence-corrected chi connectivity index (χ4v) is 4.10. The van der Waals surface area contributed by atoms with E-state index >= 15 is 0 Å². The molecule has 2 aromatic carbocycles. The summed E-state index contributed by atoms with van der Waals surface area (Å²) in [5.74, 6) is -0.347. The molecule has 0 atom stereocenters. The SMILES string of the molecule is [C-]#[N+]c1ccc(N2C(=O)N(Cc3ccc(-c4cc[n+](O)cc4)cc3)C(C)(C)C2=O)c(C)c1Cl. The summed E-state index contributed by atoms with van der Waals surface area (Å²) < 4.78 is 0.978. The van der Waals surface area contributed by atoms with E-state index in [4.69, 9.17) is 18.2 Å². The second kappa shape index (κ2) is 8.23. The number of hydrogen-bond acceptors (Lipinski definition) is 3. The molecule has 3 amide bonds. The van der Waals surface area contributed by atoms with Crippen LogP contribution >= 0.6 is 11.6 Å². The van der Waals surface area contributed by atoms with Crippen molar-refractivity contribution in [2.45, 2.75) is 32.9 Å². The van der Waals surface area contributed by atoms with E-state index in [1.807, 2.05) is 24.3 Å². The lowest BCUT2D eigenvalue weighted by Crippen LogP contribution is -2.43. The molecule has 0 bridgehead atoms. The van der Waals surface area contributed by atoms with Gasteiger partial charge >= 0.3 is 6.03 Å². The molecule has 4 rings (SSSR count). The minimum absolute atomic E-state index is 0.238. The number of hydrogen-bond donors (Lipinski definition) is 1. The zero-order valence-corrected chi connectivity index (χ0v) is 19.2. The predicted molar refractivity (Wildman–Crippen MR) is 124 cm³/mol. The van der Waals surface area contributed by atoms with Gasteiger partial charge in [0, 0.05) is 23.4 Å². The average Bonchev–Trinajstić information content (AvgIpc) is 2.96. The van der Waals surface area contributed by atoms with Gasteiger partial charge in [-0.25, -0.2) is 14.5 Å². The predicted octanol–water partition coefficient (Wildman–Crippen LogP) is 5.14. The van der Waals surface area contributed by atoms with E-state index in [0.29, 0.717) is 11.3 Å². The van der Waals surface area contributed by atoms with Crippen LogP contribution in [0.15, 0.2) is 60.9 Å². The van der Waals surface area contributed by atoms with Gasteiger partial charge in [-0.15, -0.1) is 0 Å². The maximum atomic E-state index is 13.4. The monoisotopic (exact) mass is 461 g/mol. The van der Waals surface area contributed by atoms with Gasteiger partial charge < -0.3 is 4.90 Å². The van der Waals surface area contributed by atoms with Crippen LogP contribution in [0.2, 0.25) is 5.02 Å². The van der Waals surface area contributed by atoms with Gasteiger partial charge in [-0.05, 0) is 49.1 Å². The lowest BCUT2D eigenvalue weighted by atomic mass is 10.0. The molecule has 0 unspecified atom stereocenters. The number of aromatic nitrogens is 1. The maximum absolute atomic E-state index is 13.4. The third-order valence-corrected chi connectivity index (χ3v) is 6.44. The molecule has 7 nitrogen and oxygen atoms in total. The second-order valence-corrected chi connectivity index (χ2v) is 8.76. The summed E-state index contributed by atoms with van der Waals surface area (Å²) in [7, 11) is 0. The molecule has 1 fully saturated rings. The van der Waals surface area contributed by atoms with Crippen molar-refractivity contribution in [2.24, 2.45) is 0 Å². The molecule has 1 N–H and O–H groups in total. The Hall–Kier alpha value is -3.89. The zero-order chi connectivity index (χ0) is 23.9. The minimum atomic E-state index is -1.05. The van der Waals surface area contributed by atoms with Crippen molar-refractivity contribution in [1.82, 2.24) is 4.90 Å². The van der Waals surface area contributed by atoms with E-state index < -0.39 is 11.6 Å². The van der Waals surface area contributed by atoms with Crippen LogP contribution in [0.3, 0.4) is 0 Å². The molecule has 0 saturated carbocycles. The molecule has 33 heavy (non-hydrogen) atoms. The molecule has 1 saturated heterocycles. The number of benzene rings is 2. The van der Waals surface area contributed by atoms with E-state index in [9.17, 15) is 14.8 Å². The Kier molecular flexibility index (Phi) is 5.56. The number of pyridine rings is 1. The molecule has 1 aliphatic heterocycles. The number of nitrogens with zero attached hydrogens (tertiary/aromatic N) is 4. The molecule has 3 aromatic rings. The molecule has 166 valence electrons. The first-order valence-electron chi connectivity index (χ1n) is 10.3. The van der Waals surface area contributed by atoms with E-state index in [1.54, 1.807) is 51.4 Å². The fraction of sp³-hybridized carbons (Fsp3) is 0.200. The number of amides is 3. The summed E-state index contributed by atoms with van der Waals surface area (Å²) in [5.41, 5.74) is 2.91. The number of anilines is 1. The number of carbonyl (C=O) groups excluding carboxylic acids is 2. The van der Waals surface area contributed by atoms with Crippen LogP contribution in [0.4, 0.5) is 16.2 Å². The van der Waals surface area contributed by atoms with Crippen LogP contribution in [0.25, 0.3) is 16.0 Å². The van der Waals surface area contributed by atoms with Gasteiger partial charge in [-0.2, -0.15) is 0 Å². The van der Waals surface area contributed by atoms with Gasteiger partial charge in [0.1, 0.15) is 5.54 Å². The van der Waals surface area contributed by atoms with Crippen LogP contribution in [-0.4, -0.2) is 27.6 Å². The molecule has 0 spiro atoms. The summed E-state index contributed by atoms with van der Waals surface area (Å²) in [6.45, 7) is 12.6. The minimum Gasteiger partial charge on any atom is -0.305 e. The summed E-state index contributed by atoms with van der Waals surface area (Å²) in [4.78, 5) is 32.7. The summed E-state index contributed by atoms with van der Waals surface area (Å²) in [6, 6.07) is 14.0. The lowest BCUT2D eigenvalue weighted by Gasteiger charge is -2.27. The number of rotatable bonds is 4. The molecule has 2 heterocycles. The Morgan fingerprint density at radius 1 is 1.03 bits per heavy atom. The smallest absolute Gasteiger partial charge is 0.305 e. The molecular formula is C25H22ClN4O3+. The first-order valence-corrected chi connectivity index (χ1v) is 10.7. The summed E-state index contributed by atoms with van der Waals surface area (Å²) in [6.07, 6.45) is 3.10. The highest BCUT2D eigenvalue weighted by Gasteiger charge is 2.52. The van der Waals surface area contributed by atoms with E-state index in [-0.39, 0.29) is 23.2 Å². The second-order valence-electron chi connectivity index (χ2n) is 8.39. The molecule has 1 aliphatic rings. The molecule has 0 radical (unpaired) electrons. The highest BCUT2D eigenvalue weighted by Crippen LogP contribution is 2.39. The maximum Gasteiger partial charge on any atom is 0.332 e. The van der Waals surface area contributed by atoms with Gasteiger partial charge in [-0.3, -0.25) is 10.0 Å². The lowest BCUT2D eigenvalue weighted by molar-refractivity contribution is -0.904. The first-order chi connectivity index (χ1) is 15.6. The van der Waals surface area contributed by atoms with Gasteiger partial charge in [0.2, 0.25) is 18.1 Å². The van der Waals surface area contributed by atoms with Gasteiger partial charge in [0.15, 0.2) is 0 Å². The highest BCUT2D eigenvalue weighted by atomic mass is 35.5. The number of imide groups is 1. The van der Waals surface area contributed by atoms with E-state index in [0.717, 1.165) is 26.3 Å². The first kappa shape index (κ1) is 22.3. The number of carbonyl (C=O) groups is 2. The summed E-state index contributed by atoms with van der Waals surface area (Å²) in [5, 5.41) is 9.63. The molecule has 1 aromatic heterocycles. The van der Waals surface area contributed by atoms with Gasteiger partial charge in [0.25, 0.3) is 5.91 Å². The number of urea groups is 1. The molecule has 8 heteroatoms. The van der Waals surface area contributed by atoms with Crippen molar-refractivity contribution in [1.29, 1.82) is 0 Å². The Morgan fingerprint density at radius 2 is 1.64 bits per heavy atom. The Morgan fingerprint density at radius 3 is 2.24 bits per heavy atom. The molecule has 0 aliphatic carbocycles. The Balaban J connectivity index is 1.62. The quantitative estimate of drug-likeness (QED) is 0.253. The Bertz CT molecular complexity index is 1290. The van der Waals surface area contributed by atoms with Crippen LogP contribution in [0.5, 0.6) is 0 Å². The highest BCUT2D eigenvalue weighted by molar-refractivity contribution is 6.35. The molecular weight excluding hydrogens is 440 g/mol. The van der Waals surface area contributed by atoms with E-state index in [2.05, 4.69) is 4.85 Å². The van der Waals surface area contributed by atoms with Crippen LogP contribution in [0, 0.1) is 13.5 Å². The van der Waals surface area contributed by atoms with Crippen LogP contribution in [-0.2, 0) is 11.3 Å². The third-order valence-electron chi connectivity index (χ3n) is 5.96. The van der Waals surface area contributed by atoms with Crippen LogP contribution in [0.1, 0.15) is 25.0 Å². The van der Waals surface area contributed by atoms with E-state index in [1.165, 1.54) is 11.0 Å². The average molecular weight is 462 g/mol. The van der Waals surface area contributed by atoms with Crippen LogP contribution < -0.4 is 9.63 Å². The zero-order valence-electron chi connectivity index (χ0n) is 18.4. The standard InChI is InChI=1S/C25H22ClN4O3/c1-16-21(10-9-20(27-4)22(16)26)30-23(31)25(2,3)29(24(30)32)15-17-5-7-18(8-6-17)19-11-13-28(33)14-12-19/h5-14,33H,15H2,1-3H3/q+1.